The Morgan fingerprint density at radius 2 is 1.95 bits per heavy atom. The van der Waals surface area contributed by atoms with E-state index < -0.39 is 0 Å². The molecule has 5 heteroatoms. The monoisotopic (exact) mass is 288 g/mol. The smallest absolute Gasteiger partial charge is 0.271 e. The molecule has 0 bridgehead atoms. The molecule has 0 unspecified atom stereocenters. The summed E-state index contributed by atoms with van der Waals surface area (Å²) in [6.07, 6.45) is 1.34. The number of hydrogen-bond donors (Lipinski definition) is 2. The summed E-state index contributed by atoms with van der Waals surface area (Å²) in [5.41, 5.74) is 4.42. The van der Waals surface area contributed by atoms with E-state index in [-0.39, 0.29) is 16.7 Å². The van der Waals surface area contributed by atoms with Crippen molar-refractivity contribution in [2.45, 2.75) is 6.92 Å². The highest BCUT2D eigenvalue weighted by Gasteiger charge is 2.04. The van der Waals surface area contributed by atoms with Crippen molar-refractivity contribution >= 4 is 23.7 Å². The number of phenols is 1. The maximum atomic E-state index is 11.8. The third-order valence-electron chi connectivity index (χ3n) is 2.70. The second-order valence-electron chi connectivity index (χ2n) is 4.24. The first-order chi connectivity index (χ1) is 9.58. The minimum atomic E-state index is -0.317. The molecular formula is C15H13ClN2O2. The van der Waals surface area contributed by atoms with Crippen LogP contribution in [-0.4, -0.2) is 17.2 Å². The van der Waals surface area contributed by atoms with Crippen LogP contribution < -0.4 is 5.43 Å². The van der Waals surface area contributed by atoms with E-state index in [1.807, 2.05) is 19.1 Å². The van der Waals surface area contributed by atoms with Gasteiger partial charge >= 0.3 is 0 Å². The molecule has 0 radical (unpaired) electrons. The summed E-state index contributed by atoms with van der Waals surface area (Å²) < 4.78 is 0. The largest absolute Gasteiger partial charge is 0.506 e. The maximum absolute atomic E-state index is 11.8. The lowest BCUT2D eigenvalue weighted by atomic mass is 10.1. The molecule has 0 saturated heterocycles. The van der Waals surface area contributed by atoms with Crippen molar-refractivity contribution in [2.75, 3.05) is 0 Å². The topological polar surface area (TPSA) is 61.7 Å². The average molecular weight is 289 g/mol. The van der Waals surface area contributed by atoms with Crippen LogP contribution in [0.4, 0.5) is 0 Å². The zero-order valence-electron chi connectivity index (χ0n) is 10.8. The van der Waals surface area contributed by atoms with Crippen LogP contribution in [0.5, 0.6) is 5.75 Å². The second-order valence-corrected chi connectivity index (χ2v) is 4.65. The molecule has 0 spiro atoms. The quantitative estimate of drug-likeness (QED) is 0.673. The van der Waals surface area contributed by atoms with E-state index in [0.717, 1.165) is 5.56 Å². The number of phenolic OH excluding ortho intramolecular Hbond substituents is 1. The lowest BCUT2D eigenvalue weighted by molar-refractivity contribution is 0.0955. The van der Waals surface area contributed by atoms with Gasteiger partial charge in [0.15, 0.2) is 0 Å². The molecule has 0 atom stereocenters. The molecule has 20 heavy (non-hydrogen) atoms. The summed E-state index contributed by atoms with van der Waals surface area (Å²) in [4.78, 5) is 11.8. The highest BCUT2D eigenvalue weighted by atomic mass is 35.5. The normalized spacial score (nSPS) is 10.7. The van der Waals surface area contributed by atoms with E-state index in [0.29, 0.717) is 11.1 Å². The van der Waals surface area contributed by atoms with Crippen LogP contribution >= 0.6 is 11.6 Å². The van der Waals surface area contributed by atoms with Crippen LogP contribution in [0.15, 0.2) is 47.6 Å². The minimum absolute atomic E-state index is 0.0671. The van der Waals surface area contributed by atoms with E-state index in [9.17, 15) is 9.90 Å². The van der Waals surface area contributed by atoms with E-state index in [1.54, 1.807) is 30.3 Å². The van der Waals surface area contributed by atoms with Crippen molar-refractivity contribution in [1.29, 1.82) is 0 Å². The fourth-order valence-electron chi connectivity index (χ4n) is 1.57. The molecule has 0 aromatic heterocycles. The van der Waals surface area contributed by atoms with Crippen LogP contribution in [0.2, 0.25) is 5.02 Å². The summed E-state index contributed by atoms with van der Waals surface area (Å²) in [6.45, 7) is 1.95. The lowest BCUT2D eigenvalue weighted by Crippen LogP contribution is -2.17. The Hall–Kier alpha value is -2.33. The zero-order chi connectivity index (χ0) is 14.5. The number of halogens is 1. The van der Waals surface area contributed by atoms with E-state index in [1.165, 1.54) is 6.21 Å². The molecule has 0 aliphatic heterocycles. The predicted octanol–water partition coefficient (Wildman–Crippen LogP) is 3.12. The molecule has 0 aliphatic rings. The van der Waals surface area contributed by atoms with Gasteiger partial charge in [-0.25, -0.2) is 5.43 Å². The molecule has 2 N–H and O–H groups in total. The highest BCUT2D eigenvalue weighted by Crippen LogP contribution is 2.25. The van der Waals surface area contributed by atoms with Gasteiger partial charge in [0.2, 0.25) is 0 Å². The van der Waals surface area contributed by atoms with Gasteiger partial charge < -0.3 is 5.11 Å². The minimum Gasteiger partial charge on any atom is -0.506 e. The van der Waals surface area contributed by atoms with E-state index in [4.69, 9.17) is 11.6 Å². The number of hydrogen-bond acceptors (Lipinski definition) is 3. The number of amides is 1. The number of nitrogens with one attached hydrogen (secondary N) is 1. The number of hydrazone groups is 1. The molecule has 2 aromatic carbocycles. The van der Waals surface area contributed by atoms with Gasteiger partial charge in [-0.2, -0.15) is 5.10 Å². The van der Waals surface area contributed by atoms with Crippen LogP contribution in [0.1, 0.15) is 21.5 Å². The van der Waals surface area contributed by atoms with Crippen molar-refractivity contribution < 1.29 is 9.90 Å². The van der Waals surface area contributed by atoms with Crippen molar-refractivity contribution in [2.24, 2.45) is 5.10 Å². The summed E-state index contributed by atoms with van der Waals surface area (Å²) in [7, 11) is 0. The molecule has 0 fully saturated rings. The number of carbonyl (C=O) groups excluding carboxylic acids is 1. The Kier molecular flexibility index (Phi) is 4.38. The number of rotatable bonds is 3. The third-order valence-corrected chi connectivity index (χ3v) is 3.01. The van der Waals surface area contributed by atoms with Gasteiger partial charge in [-0.3, -0.25) is 4.79 Å². The summed E-state index contributed by atoms with van der Waals surface area (Å²) >= 11 is 5.77. The van der Waals surface area contributed by atoms with E-state index >= 15 is 0 Å². The third kappa shape index (κ3) is 3.36. The summed E-state index contributed by atoms with van der Waals surface area (Å²) in [5.74, 6) is -0.384. The number of carbonyl (C=O) groups is 1. The molecule has 0 heterocycles. The Balaban J connectivity index is 2.04. The number of aromatic hydroxyl groups is 1. The van der Waals surface area contributed by atoms with Gasteiger partial charge in [0, 0.05) is 11.1 Å². The SMILES string of the molecule is Cc1ccc(C(=O)NN=Cc2cccc(Cl)c2O)cc1. The van der Waals surface area contributed by atoms with Crippen molar-refractivity contribution in [3.05, 3.63) is 64.2 Å². The van der Waals surface area contributed by atoms with Crippen LogP contribution in [-0.2, 0) is 0 Å². The standard InChI is InChI=1S/C15H13ClN2O2/c1-10-5-7-11(8-6-10)15(20)18-17-9-12-3-2-4-13(16)14(12)19/h2-9,19H,1H3,(H,18,20). The Bertz CT molecular complexity index is 651. The van der Waals surface area contributed by atoms with Crippen LogP contribution in [0.25, 0.3) is 0 Å². The molecule has 4 nitrogen and oxygen atoms in total. The Morgan fingerprint density at radius 3 is 2.65 bits per heavy atom. The number of benzene rings is 2. The lowest BCUT2D eigenvalue weighted by Gasteiger charge is -2.02. The van der Waals surface area contributed by atoms with Gasteiger partial charge in [0.05, 0.1) is 11.2 Å². The number of para-hydroxylation sites is 1. The fraction of sp³-hybridized carbons (Fsp3) is 0.0667. The first-order valence-electron chi connectivity index (χ1n) is 5.95. The maximum Gasteiger partial charge on any atom is 0.271 e. The Labute approximate surface area is 121 Å². The van der Waals surface area contributed by atoms with Gasteiger partial charge in [0.25, 0.3) is 5.91 Å². The molecule has 2 rings (SSSR count). The van der Waals surface area contributed by atoms with Crippen molar-refractivity contribution in [3.63, 3.8) is 0 Å². The Morgan fingerprint density at radius 1 is 1.25 bits per heavy atom. The van der Waals surface area contributed by atoms with E-state index in [2.05, 4.69) is 10.5 Å². The zero-order valence-corrected chi connectivity index (χ0v) is 11.6. The first-order valence-corrected chi connectivity index (χ1v) is 6.33. The van der Waals surface area contributed by atoms with Crippen LogP contribution in [0, 0.1) is 6.92 Å². The van der Waals surface area contributed by atoms with Gasteiger partial charge in [0.1, 0.15) is 5.75 Å². The van der Waals surface area contributed by atoms with Crippen molar-refractivity contribution in [1.82, 2.24) is 5.43 Å². The van der Waals surface area contributed by atoms with Gasteiger partial charge in [-0.05, 0) is 31.2 Å². The van der Waals surface area contributed by atoms with Crippen molar-refractivity contribution in [3.8, 4) is 5.75 Å². The predicted molar refractivity (Wildman–Crippen MR) is 79.4 cm³/mol. The van der Waals surface area contributed by atoms with Crippen LogP contribution in [0.3, 0.4) is 0 Å². The van der Waals surface area contributed by atoms with Gasteiger partial charge in [-0.15, -0.1) is 0 Å². The first kappa shape index (κ1) is 14.1. The molecule has 0 aliphatic carbocycles. The molecule has 2 aromatic rings. The number of aryl methyl sites for hydroxylation is 1. The molecule has 102 valence electrons. The second kappa shape index (κ2) is 6.21. The summed E-state index contributed by atoms with van der Waals surface area (Å²) in [6, 6.07) is 12.0. The van der Waals surface area contributed by atoms with Gasteiger partial charge in [-0.1, -0.05) is 35.4 Å². The average Bonchev–Trinajstić information content (AvgIpc) is 2.44. The fourth-order valence-corrected chi connectivity index (χ4v) is 1.75. The molecular weight excluding hydrogens is 276 g/mol. The molecule has 1 amide bonds. The summed E-state index contributed by atoms with van der Waals surface area (Å²) in [5, 5.41) is 13.7. The number of nitrogens with zero attached hydrogens (tertiary/aromatic N) is 1. The molecule has 0 saturated carbocycles. The highest BCUT2D eigenvalue weighted by molar-refractivity contribution is 6.32.